The van der Waals surface area contributed by atoms with E-state index in [0.717, 1.165) is 20.4 Å². The number of nitrogens with one attached hydrogen (secondary N) is 2. The highest BCUT2D eigenvalue weighted by atomic mass is 32.2. The molecule has 1 amide bonds. The van der Waals surface area contributed by atoms with E-state index in [4.69, 9.17) is 0 Å². The molecule has 26 heavy (non-hydrogen) atoms. The highest BCUT2D eigenvalue weighted by molar-refractivity contribution is 7.87. The van der Waals surface area contributed by atoms with Crippen LogP contribution in [0.25, 0.3) is 0 Å². The average Bonchev–Trinajstić information content (AvgIpc) is 3.24. The summed E-state index contributed by atoms with van der Waals surface area (Å²) in [5, 5.41) is 9.16. The van der Waals surface area contributed by atoms with Crippen LogP contribution < -0.4 is 10.0 Å². The zero-order valence-electron chi connectivity index (χ0n) is 15.0. The Hall–Kier alpha value is -1.75. The zero-order valence-corrected chi connectivity index (χ0v) is 16.6. The Labute approximate surface area is 157 Å². The van der Waals surface area contributed by atoms with E-state index in [0.29, 0.717) is 19.5 Å². The molecule has 1 aliphatic rings. The molecule has 2 aromatic rings. The molecule has 3 rings (SSSR count). The maximum absolute atomic E-state index is 12.7. The molecule has 8 nitrogen and oxygen atoms in total. The van der Waals surface area contributed by atoms with E-state index in [1.807, 2.05) is 37.6 Å². The van der Waals surface area contributed by atoms with Crippen LogP contribution in [-0.2, 0) is 28.1 Å². The second-order valence-electron chi connectivity index (χ2n) is 6.27. The van der Waals surface area contributed by atoms with Crippen molar-refractivity contribution >= 4 is 27.5 Å². The molecule has 0 saturated carbocycles. The fraction of sp³-hybridized carbons (Fsp3) is 0.500. The Balaban J connectivity index is 1.79. The van der Waals surface area contributed by atoms with Gasteiger partial charge in [0.05, 0.1) is 18.3 Å². The minimum Gasteiger partial charge on any atom is -0.350 e. The van der Waals surface area contributed by atoms with Crippen molar-refractivity contribution in [1.29, 1.82) is 0 Å². The van der Waals surface area contributed by atoms with Gasteiger partial charge in [0, 0.05) is 30.2 Å². The van der Waals surface area contributed by atoms with Crippen LogP contribution in [0.4, 0.5) is 0 Å². The topological polar surface area (TPSA) is 96.3 Å². The maximum Gasteiger partial charge on any atom is 0.280 e. The van der Waals surface area contributed by atoms with Gasteiger partial charge in [-0.25, -0.2) is 0 Å². The lowest BCUT2D eigenvalue weighted by molar-refractivity contribution is -0.125. The van der Waals surface area contributed by atoms with Crippen LogP contribution in [0.5, 0.6) is 0 Å². The van der Waals surface area contributed by atoms with E-state index in [1.165, 1.54) is 7.05 Å². The van der Waals surface area contributed by atoms with Crippen molar-refractivity contribution in [2.75, 3.05) is 7.05 Å². The van der Waals surface area contributed by atoms with Gasteiger partial charge in [0.2, 0.25) is 5.91 Å². The van der Waals surface area contributed by atoms with E-state index in [2.05, 4.69) is 15.1 Å². The third-order valence-electron chi connectivity index (χ3n) is 4.57. The molecule has 0 aromatic carbocycles. The summed E-state index contributed by atoms with van der Waals surface area (Å²) >= 11 is 1.55. The Morgan fingerprint density at radius 3 is 2.88 bits per heavy atom. The van der Waals surface area contributed by atoms with E-state index in [9.17, 15) is 13.2 Å². The van der Waals surface area contributed by atoms with Gasteiger partial charge in [-0.15, -0.1) is 11.3 Å². The molecule has 0 radical (unpaired) electrons. The first kappa shape index (κ1) is 19.0. The standard InChI is InChI=1S/C16H23N5O3S2/c1-4-21-10-13(11(2)18-21)14-8-15(20(3)26(23,24)19-14)16(22)17-9-12-6-5-7-25-12/h5-7,10,14-15,19H,4,8-9H2,1-3H3,(H,17,22)/t14-,15+/m0/s1. The molecule has 1 aliphatic heterocycles. The van der Waals surface area contributed by atoms with Gasteiger partial charge in [-0.2, -0.15) is 22.5 Å². The summed E-state index contributed by atoms with van der Waals surface area (Å²) in [5.41, 5.74) is 1.57. The van der Waals surface area contributed by atoms with Crippen molar-refractivity contribution in [3.05, 3.63) is 39.8 Å². The molecule has 1 fully saturated rings. The number of nitrogens with zero attached hydrogens (tertiary/aromatic N) is 3. The first-order valence-electron chi connectivity index (χ1n) is 8.41. The number of likely N-dealkylation sites (N-methyl/N-ethyl adjacent to an activating group) is 1. The van der Waals surface area contributed by atoms with E-state index in [1.54, 1.807) is 16.0 Å². The molecule has 142 valence electrons. The minimum atomic E-state index is -3.75. The summed E-state index contributed by atoms with van der Waals surface area (Å²) in [7, 11) is -2.32. The molecule has 1 saturated heterocycles. The highest BCUT2D eigenvalue weighted by Crippen LogP contribution is 2.29. The fourth-order valence-electron chi connectivity index (χ4n) is 3.06. The van der Waals surface area contributed by atoms with Gasteiger partial charge in [-0.1, -0.05) is 6.07 Å². The Kier molecular flexibility index (Phi) is 5.47. The molecule has 10 heteroatoms. The lowest BCUT2D eigenvalue weighted by Gasteiger charge is -2.36. The highest BCUT2D eigenvalue weighted by Gasteiger charge is 2.41. The number of aromatic nitrogens is 2. The van der Waals surface area contributed by atoms with Crippen LogP contribution in [0.1, 0.15) is 35.5 Å². The number of aryl methyl sites for hydroxylation is 2. The van der Waals surface area contributed by atoms with Gasteiger partial charge in [0.15, 0.2) is 0 Å². The van der Waals surface area contributed by atoms with E-state index >= 15 is 0 Å². The number of thiophene rings is 1. The smallest absolute Gasteiger partial charge is 0.280 e. The molecular formula is C16H23N5O3S2. The van der Waals surface area contributed by atoms with Gasteiger partial charge in [0.1, 0.15) is 6.04 Å². The normalized spacial score (nSPS) is 23.0. The summed E-state index contributed by atoms with van der Waals surface area (Å²) < 4.78 is 30.6. The SMILES string of the molecule is CCn1cc([C@@H]2C[C@H](C(=O)NCc3cccs3)N(C)S(=O)(=O)N2)c(C)n1. The molecule has 0 spiro atoms. The van der Waals surface area contributed by atoms with Crippen molar-refractivity contribution in [2.45, 2.75) is 45.4 Å². The number of hydrogen-bond acceptors (Lipinski definition) is 5. The molecule has 0 bridgehead atoms. The second kappa shape index (κ2) is 7.47. The van der Waals surface area contributed by atoms with Gasteiger partial charge in [-0.3, -0.25) is 9.48 Å². The van der Waals surface area contributed by atoms with Crippen molar-refractivity contribution in [2.24, 2.45) is 0 Å². The van der Waals surface area contributed by atoms with Gasteiger partial charge in [-0.05, 0) is 31.7 Å². The summed E-state index contributed by atoms with van der Waals surface area (Å²) in [4.78, 5) is 13.7. The minimum absolute atomic E-state index is 0.295. The number of rotatable bonds is 5. The van der Waals surface area contributed by atoms with Crippen LogP contribution in [0.2, 0.25) is 0 Å². The van der Waals surface area contributed by atoms with Crippen molar-refractivity contribution in [3.63, 3.8) is 0 Å². The predicted molar refractivity (Wildman–Crippen MR) is 99.8 cm³/mol. The van der Waals surface area contributed by atoms with Crippen molar-refractivity contribution in [3.8, 4) is 0 Å². The zero-order chi connectivity index (χ0) is 18.9. The number of carbonyl (C=O) groups is 1. The first-order chi connectivity index (χ1) is 12.3. The molecule has 2 atom stereocenters. The summed E-state index contributed by atoms with van der Waals surface area (Å²) in [6.07, 6.45) is 2.19. The molecule has 0 aliphatic carbocycles. The lowest BCUT2D eigenvalue weighted by Crippen LogP contribution is -2.57. The third kappa shape index (κ3) is 3.83. The van der Waals surface area contributed by atoms with Crippen molar-refractivity contribution in [1.82, 2.24) is 24.1 Å². The number of hydrogen-bond donors (Lipinski definition) is 2. The molecule has 3 heterocycles. The fourth-order valence-corrected chi connectivity index (χ4v) is 4.97. The maximum atomic E-state index is 12.7. The van der Waals surface area contributed by atoms with Crippen molar-refractivity contribution < 1.29 is 13.2 Å². The van der Waals surface area contributed by atoms with E-state index in [-0.39, 0.29) is 5.91 Å². The van der Waals surface area contributed by atoms with Crippen LogP contribution in [0, 0.1) is 6.92 Å². The van der Waals surface area contributed by atoms with Gasteiger partial charge < -0.3 is 5.32 Å². The Morgan fingerprint density at radius 2 is 2.27 bits per heavy atom. The van der Waals surface area contributed by atoms with Gasteiger partial charge >= 0.3 is 0 Å². The van der Waals surface area contributed by atoms with Crippen LogP contribution in [0.15, 0.2) is 23.7 Å². The summed E-state index contributed by atoms with van der Waals surface area (Å²) in [6, 6.07) is 2.60. The molecular weight excluding hydrogens is 374 g/mol. The summed E-state index contributed by atoms with van der Waals surface area (Å²) in [5.74, 6) is -0.295. The van der Waals surface area contributed by atoms with Crippen LogP contribution in [0.3, 0.4) is 0 Å². The Morgan fingerprint density at radius 1 is 1.50 bits per heavy atom. The largest absolute Gasteiger partial charge is 0.350 e. The monoisotopic (exact) mass is 397 g/mol. The quantitative estimate of drug-likeness (QED) is 0.792. The number of amides is 1. The van der Waals surface area contributed by atoms with E-state index < -0.39 is 22.3 Å². The molecule has 0 unspecified atom stereocenters. The first-order valence-corrected chi connectivity index (χ1v) is 10.7. The number of carbonyl (C=O) groups excluding carboxylic acids is 1. The second-order valence-corrected chi connectivity index (χ2v) is 9.06. The van der Waals surface area contributed by atoms with Crippen LogP contribution in [-0.4, -0.2) is 41.5 Å². The summed E-state index contributed by atoms with van der Waals surface area (Å²) in [6.45, 7) is 4.91. The predicted octanol–water partition coefficient (Wildman–Crippen LogP) is 1.17. The molecule has 2 N–H and O–H groups in total. The van der Waals surface area contributed by atoms with Crippen LogP contribution >= 0.6 is 11.3 Å². The Bertz CT molecular complexity index is 876. The lowest BCUT2D eigenvalue weighted by atomic mass is 10.00. The average molecular weight is 398 g/mol. The molecule has 2 aromatic heterocycles. The van der Waals surface area contributed by atoms with Gasteiger partial charge in [0.25, 0.3) is 10.2 Å². The third-order valence-corrected chi connectivity index (χ3v) is 7.04.